The number of imidazole rings is 4. The molecule has 0 unspecified atom stereocenters. The number of aryl methyl sites for hydroxylation is 6. The van der Waals surface area contributed by atoms with Gasteiger partial charge < -0.3 is 42.5 Å². The smallest absolute Gasteiger partial charge is 0.204 e. The average molecular weight is 906 g/mol. The first-order chi connectivity index (χ1) is 28.4. The van der Waals surface area contributed by atoms with Gasteiger partial charge in [-0.15, -0.1) is 0 Å². The van der Waals surface area contributed by atoms with Gasteiger partial charge in [0.25, 0.3) is 0 Å². The van der Waals surface area contributed by atoms with E-state index in [1.54, 1.807) is 105 Å². The van der Waals surface area contributed by atoms with Crippen molar-refractivity contribution in [3.63, 3.8) is 0 Å². The van der Waals surface area contributed by atoms with E-state index < -0.39 is 5.78 Å². The molecular formula is C42H46N11O7Y-. The average Bonchev–Trinajstić information content (AvgIpc) is 4.01. The Morgan fingerprint density at radius 3 is 1.31 bits per heavy atom. The Hall–Kier alpha value is -6.14. The summed E-state index contributed by atoms with van der Waals surface area (Å²) in [7, 11) is 10.1. The molecule has 1 N–H and O–H groups in total. The molecule has 18 nitrogen and oxygen atoms in total. The number of ketones is 7. The fraction of sp³-hybridized carbons (Fsp3) is 0.333. The zero-order valence-corrected chi connectivity index (χ0v) is 38.0. The standard InChI is InChI=1S/C42H46N11O7.Y/c1-24(54)9-10-43-27-13-33(49(4)19-27)34(56)12-26-11-32(48(3)18-26)35(57)14-28-21-51(6)40(45-28)37(59)16-30-23-53(8)42(47-30)38(60)17-31-22-52(7)41(46-31)36(58)15-29-20-50(5)39(44-29)25(2)55;/h11,13,18-23,43H,2,9-10,12,14-17H2,1,3-8H3;/q-1;. The number of hydrogen-bond donors (Lipinski definition) is 1. The summed E-state index contributed by atoms with van der Waals surface area (Å²) in [6.07, 6.45) is 9.90. The molecule has 1 radical (unpaired) electrons. The minimum Gasteiger partial charge on any atom is -0.409 e. The maximum atomic E-state index is 13.4. The van der Waals surface area contributed by atoms with Crippen molar-refractivity contribution in [3.05, 3.63) is 119 Å². The SMILES string of the molecule is [CH2-]C(=O)c1nc(CC(=O)c2nc(CC(=O)c3nc(CC(=O)c4nc(CC(=O)c5cc(CC(=O)c6cc(NCCC(C)=O)cn6C)cn5C)cn4C)cn3C)cn2C)cn1C.[Y]. The zero-order chi connectivity index (χ0) is 43.6. The molecule has 0 aromatic carbocycles. The van der Waals surface area contributed by atoms with Crippen LogP contribution in [0.3, 0.4) is 0 Å². The van der Waals surface area contributed by atoms with Gasteiger partial charge >= 0.3 is 0 Å². The fourth-order valence-corrected chi connectivity index (χ4v) is 7.08. The van der Waals surface area contributed by atoms with Gasteiger partial charge in [0.05, 0.1) is 65.6 Å². The Morgan fingerprint density at radius 2 is 0.885 bits per heavy atom. The first kappa shape index (κ1) is 45.9. The molecule has 0 aliphatic rings. The summed E-state index contributed by atoms with van der Waals surface area (Å²) in [5.41, 5.74) is 3.78. The van der Waals surface area contributed by atoms with Crippen LogP contribution in [-0.2, 0) is 112 Å². The van der Waals surface area contributed by atoms with Crippen LogP contribution < -0.4 is 5.32 Å². The van der Waals surface area contributed by atoms with Gasteiger partial charge in [-0.2, -0.15) is 6.92 Å². The van der Waals surface area contributed by atoms with E-state index in [2.05, 4.69) is 32.2 Å². The van der Waals surface area contributed by atoms with Crippen molar-refractivity contribution < 1.29 is 66.3 Å². The van der Waals surface area contributed by atoms with Crippen LogP contribution in [0.15, 0.2) is 49.3 Å². The first-order valence-corrected chi connectivity index (χ1v) is 19.0. The predicted molar refractivity (Wildman–Crippen MR) is 217 cm³/mol. The molecule has 61 heavy (non-hydrogen) atoms. The molecule has 0 bridgehead atoms. The summed E-state index contributed by atoms with van der Waals surface area (Å²) in [6, 6.07) is 3.43. The van der Waals surface area contributed by atoms with Crippen molar-refractivity contribution in [1.29, 1.82) is 0 Å². The number of nitrogens with zero attached hydrogens (tertiary/aromatic N) is 10. The van der Waals surface area contributed by atoms with Crippen LogP contribution in [0.5, 0.6) is 0 Å². The summed E-state index contributed by atoms with van der Waals surface area (Å²) >= 11 is 0. The fourth-order valence-electron chi connectivity index (χ4n) is 7.08. The van der Waals surface area contributed by atoms with Gasteiger partial charge in [0.1, 0.15) is 5.78 Å². The predicted octanol–water partition coefficient (Wildman–Crippen LogP) is 2.83. The number of aromatic nitrogens is 10. The monoisotopic (exact) mass is 905 g/mol. The second-order valence-corrected chi connectivity index (χ2v) is 15.0. The van der Waals surface area contributed by atoms with E-state index in [1.807, 2.05) is 0 Å². The maximum absolute atomic E-state index is 13.4. The van der Waals surface area contributed by atoms with Crippen molar-refractivity contribution in [2.45, 2.75) is 45.4 Å². The van der Waals surface area contributed by atoms with E-state index in [4.69, 9.17) is 0 Å². The third kappa shape index (κ3) is 10.8. The normalized spacial score (nSPS) is 11.1. The van der Waals surface area contributed by atoms with Crippen LogP contribution in [0, 0.1) is 6.92 Å². The molecule has 0 aliphatic carbocycles. The van der Waals surface area contributed by atoms with Gasteiger partial charge in [0.15, 0.2) is 29.0 Å². The molecule has 0 aliphatic heterocycles. The molecule has 0 atom stereocenters. The van der Waals surface area contributed by atoms with E-state index in [0.717, 1.165) is 5.69 Å². The van der Waals surface area contributed by atoms with Crippen LogP contribution in [0.4, 0.5) is 5.69 Å². The van der Waals surface area contributed by atoms with Crippen LogP contribution in [-0.4, -0.2) is 94.4 Å². The molecule has 0 saturated carbocycles. The summed E-state index contributed by atoms with van der Waals surface area (Å²) in [5, 5.41) is 3.15. The van der Waals surface area contributed by atoms with Crippen molar-refractivity contribution in [3.8, 4) is 0 Å². The van der Waals surface area contributed by atoms with Gasteiger partial charge in [-0.3, -0.25) is 28.8 Å². The molecule has 6 aromatic rings. The molecule has 0 spiro atoms. The Labute approximate surface area is 376 Å². The Bertz CT molecular complexity index is 2700. The molecule has 19 heteroatoms. The van der Waals surface area contributed by atoms with Crippen molar-refractivity contribution in [2.75, 3.05) is 11.9 Å². The van der Waals surface area contributed by atoms with E-state index in [1.165, 1.54) is 20.6 Å². The Kier molecular flexibility index (Phi) is 14.4. The number of carbonyl (C=O) groups excluding carboxylic acids is 7. The van der Waals surface area contributed by atoms with Crippen LogP contribution in [0.2, 0.25) is 0 Å². The quantitative estimate of drug-likeness (QED) is 0.0866. The topological polar surface area (TPSA) is 213 Å². The Morgan fingerprint density at radius 1 is 0.508 bits per heavy atom. The third-order valence-corrected chi connectivity index (χ3v) is 9.88. The number of carbonyl (C=O) groups is 7. The van der Waals surface area contributed by atoms with Gasteiger partial charge in [-0.1, -0.05) is 0 Å². The van der Waals surface area contributed by atoms with Gasteiger partial charge in [0, 0.05) is 136 Å². The van der Waals surface area contributed by atoms with Gasteiger partial charge in [-0.25, -0.2) is 15.0 Å². The number of anilines is 1. The molecule has 0 fully saturated rings. The van der Waals surface area contributed by atoms with Gasteiger partial charge in [0.2, 0.25) is 17.3 Å². The van der Waals surface area contributed by atoms with Gasteiger partial charge in [-0.05, 0) is 31.7 Å². The summed E-state index contributed by atoms with van der Waals surface area (Å²) in [4.78, 5) is 107. The number of Topliss-reactive ketones (excluding diaryl/α,β-unsaturated/α-hetero) is 7. The number of nitrogens with one attached hydrogen (secondary N) is 1. The maximum Gasteiger partial charge on any atom is 0.204 e. The van der Waals surface area contributed by atoms with Crippen LogP contribution in [0.1, 0.15) is 105 Å². The minimum absolute atomic E-state index is 0. The molecule has 315 valence electrons. The van der Waals surface area contributed by atoms with Crippen LogP contribution >= 0.6 is 0 Å². The number of hydrogen-bond acceptors (Lipinski definition) is 12. The summed E-state index contributed by atoms with van der Waals surface area (Å²) in [5.74, 6) is -1.33. The number of rotatable bonds is 20. The van der Waals surface area contributed by atoms with E-state index in [9.17, 15) is 33.6 Å². The molecule has 6 heterocycles. The minimum atomic E-state index is -0.464. The second-order valence-electron chi connectivity index (χ2n) is 15.0. The largest absolute Gasteiger partial charge is 0.409 e. The molecule has 0 saturated heterocycles. The summed E-state index contributed by atoms with van der Waals surface area (Å²) < 4.78 is 9.50. The van der Waals surface area contributed by atoms with Crippen LogP contribution in [0.25, 0.3) is 0 Å². The second kappa shape index (κ2) is 19.1. The Balaban J connectivity index is 0.00000704. The zero-order valence-electron chi connectivity index (χ0n) is 35.2. The van der Waals surface area contributed by atoms with E-state index in [0.29, 0.717) is 52.7 Å². The van der Waals surface area contributed by atoms with Crippen molar-refractivity contribution in [1.82, 2.24) is 47.3 Å². The van der Waals surface area contributed by atoms with E-state index >= 15 is 0 Å². The molecule has 6 aromatic heterocycles. The van der Waals surface area contributed by atoms with E-state index in [-0.39, 0.29) is 123 Å². The van der Waals surface area contributed by atoms with Crippen molar-refractivity contribution in [2.24, 2.45) is 42.3 Å². The third-order valence-electron chi connectivity index (χ3n) is 9.88. The summed E-state index contributed by atoms with van der Waals surface area (Å²) in [6.45, 7) is 5.36. The molecule has 6 rings (SSSR count). The van der Waals surface area contributed by atoms with Crippen molar-refractivity contribution >= 4 is 46.2 Å². The first-order valence-electron chi connectivity index (χ1n) is 19.0. The molecular weight excluding hydrogens is 859 g/mol. The molecule has 0 amide bonds.